The van der Waals surface area contributed by atoms with Crippen LogP contribution in [0.4, 0.5) is 0 Å². The van der Waals surface area contributed by atoms with Crippen LogP contribution < -0.4 is 10.6 Å². The number of nitrogens with one attached hydrogen (secondary N) is 2. The molecule has 5 nitrogen and oxygen atoms in total. The molecule has 1 heterocycles. The smallest absolute Gasteiger partial charge is 0.191 e. The van der Waals surface area contributed by atoms with Gasteiger partial charge in [0.1, 0.15) is 0 Å². The van der Waals surface area contributed by atoms with Crippen LogP contribution in [-0.2, 0) is 4.74 Å². The first-order valence-electron chi connectivity index (χ1n) is 9.63. The fraction of sp³-hybridized carbons (Fsp3) is 0.944. The summed E-state index contributed by atoms with van der Waals surface area (Å²) in [6, 6.07) is 0.609. The van der Waals surface area contributed by atoms with Gasteiger partial charge in [0.25, 0.3) is 0 Å². The van der Waals surface area contributed by atoms with E-state index in [4.69, 9.17) is 9.73 Å². The molecule has 5 heteroatoms. The summed E-state index contributed by atoms with van der Waals surface area (Å²) >= 11 is 0. The normalized spacial score (nSPS) is 27.0. The van der Waals surface area contributed by atoms with Crippen molar-refractivity contribution in [3.05, 3.63) is 0 Å². The van der Waals surface area contributed by atoms with Crippen molar-refractivity contribution in [2.24, 2.45) is 10.9 Å². The van der Waals surface area contributed by atoms with Crippen LogP contribution in [0, 0.1) is 5.92 Å². The molecule has 1 aliphatic heterocycles. The van der Waals surface area contributed by atoms with Crippen LogP contribution in [0.15, 0.2) is 4.99 Å². The molecule has 0 aromatic rings. The van der Waals surface area contributed by atoms with Crippen LogP contribution in [0.1, 0.15) is 52.4 Å². The second kappa shape index (κ2) is 10.9. The standard InChI is InChI=1S/C18H36N4O/c1-3-19-18(21-17-8-6-16(2)7-9-17)20-10-4-5-11-22-12-14-23-15-13-22/h16-17H,3-15H2,1-2H3,(H2,19,20,21). The van der Waals surface area contributed by atoms with Crippen molar-refractivity contribution < 1.29 is 4.74 Å². The Morgan fingerprint density at radius 2 is 1.87 bits per heavy atom. The van der Waals surface area contributed by atoms with Gasteiger partial charge in [-0.25, -0.2) is 0 Å². The molecule has 0 unspecified atom stereocenters. The van der Waals surface area contributed by atoms with Gasteiger partial charge in [-0.2, -0.15) is 0 Å². The molecule has 23 heavy (non-hydrogen) atoms. The molecule has 2 fully saturated rings. The molecule has 134 valence electrons. The summed E-state index contributed by atoms with van der Waals surface area (Å²) in [5, 5.41) is 7.02. The Morgan fingerprint density at radius 1 is 1.13 bits per heavy atom. The molecule has 1 saturated heterocycles. The van der Waals surface area contributed by atoms with E-state index in [1.807, 2.05) is 0 Å². The highest BCUT2D eigenvalue weighted by Crippen LogP contribution is 2.23. The zero-order valence-corrected chi connectivity index (χ0v) is 15.1. The summed E-state index contributed by atoms with van der Waals surface area (Å²) in [6.07, 6.45) is 7.64. The minimum atomic E-state index is 0.609. The van der Waals surface area contributed by atoms with Crippen LogP contribution in [0.3, 0.4) is 0 Å². The molecule has 0 radical (unpaired) electrons. The minimum Gasteiger partial charge on any atom is -0.379 e. The van der Waals surface area contributed by atoms with Gasteiger partial charge in [-0.1, -0.05) is 6.92 Å². The van der Waals surface area contributed by atoms with Crippen LogP contribution >= 0.6 is 0 Å². The Morgan fingerprint density at radius 3 is 2.57 bits per heavy atom. The molecular weight excluding hydrogens is 288 g/mol. The monoisotopic (exact) mass is 324 g/mol. The number of ether oxygens (including phenoxy) is 1. The Labute approximate surface area is 142 Å². The number of aliphatic imine (C=N–C) groups is 1. The van der Waals surface area contributed by atoms with Crippen molar-refractivity contribution in [2.75, 3.05) is 45.9 Å². The molecule has 0 atom stereocenters. The Kier molecular flexibility index (Phi) is 8.76. The van der Waals surface area contributed by atoms with E-state index in [9.17, 15) is 0 Å². The van der Waals surface area contributed by atoms with Gasteiger partial charge >= 0.3 is 0 Å². The van der Waals surface area contributed by atoms with Crippen molar-refractivity contribution in [3.63, 3.8) is 0 Å². The van der Waals surface area contributed by atoms with Crippen molar-refractivity contribution in [1.82, 2.24) is 15.5 Å². The fourth-order valence-corrected chi connectivity index (χ4v) is 3.38. The van der Waals surface area contributed by atoms with Gasteiger partial charge < -0.3 is 15.4 Å². The lowest BCUT2D eigenvalue weighted by Crippen LogP contribution is -2.44. The van der Waals surface area contributed by atoms with E-state index in [0.717, 1.165) is 57.7 Å². The van der Waals surface area contributed by atoms with Crippen molar-refractivity contribution in [2.45, 2.75) is 58.4 Å². The van der Waals surface area contributed by atoms with E-state index in [0.29, 0.717) is 6.04 Å². The molecule has 0 bridgehead atoms. The molecule has 0 amide bonds. The fourth-order valence-electron chi connectivity index (χ4n) is 3.38. The van der Waals surface area contributed by atoms with Crippen molar-refractivity contribution >= 4 is 5.96 Å². The third-order valence-corrected chi connectivity index (χ3v) is 4.96. The number of rotatable bonds is 7. The zero-order chi connectivity index (χ0) is 16.3. The lowest BCUT2D eigenvalue weighted by Gasteiger charge is -2.28. The average Bonchev–Trinajstić information content (AvgIpc) is 2.57. The highest BCUT2D eigenvalue weighted by atomic mass is 16.5. The van der Waals surface area contributed by atoms with Gasteiger partial charge in [0, 0.05) is 32.2 Å². The predicted molar refractivity (Wildman–Crippen MR) is 97.0 cm³/mol. The van der Waals surface area contributed by atoms with E-state index >= 15 is 0 Å². The Hall–Kier alpha value is -0.810. The van der Waals surface area contributed by atoms with Crippen LogP contribution in [0.5, 0.6) is 0 Å². The van der Waals surface area contributed by atoms with E-state index in [-0.39, 0.29) is 0 Å². The molecule has 1 saturated carbocycles. The maximum atomic E-state index is 5.38. The topological polar surface area (TPSA) is 48.9 Å². The summed E-state index contributed by atoms with van der Waals surface area (Å²) in [6.45, 7) is 11.5. The van der Waals surface area contributed by atoms with Crippen LogP contribution in [0.2, 0.25) is 0 Å². The first-order valence-corrected chi connectivity index (χ1v) is 9.63. The number of hydrogen-bond acceptors (Lipinski definition) is 3. The van der Waals surface area contributed by atoms with Gasteiger partial charge in [0.15, 0.2) is 5.96 Å². The highest BCUT2D eigenvalue weighted by molar-refractivity contribution is 5.80. The number of hydrogen-bond donors (Lipinski definition) is 2. The van der Waals surface area contributed by atoms with Gasteiger partial charge in [-0.05, 0) is 57.9 Å². The van der Waals surface area contributed by atoms with Crippen molar-refractivity contribution in [1.29, 1.82) is 0 Å². The quantitative estimate of drug-likeness (QED) is 0.428. The average molecular weight is 325 g/mol. The number of guanidine groups is 1. The molecule has 2 rings (SSSR count). The lowest BCUT2D eigenvalue weighted by molar-refractivity contribution is 0.0373. The second-order valence-electron chi connectivity index (χ2n) is 7.02. The number of morpholine rings is 1. The van der Waals surface area contributed by atoms with Crippen LogP contribution in [0.25, 0.3) is 0 Å². The van der Waals surface area contributed by atoms with Crippen molar-refractivity contribution in [3.8, 4) is 0 Å². The van der Waals surface area contributed by atoms with Gasteiger partial charge in [0.05, 0.1) is 13.2 Å². The summed E-state index contributed by atoms with van der Waals surface area (Å²) < 4.78 is 5.38. The summed E-state index contributed by atoms with van der Waals surface area (Å²) in [4.78, 5) is 7.26. The molecule has 0 aromatic heterocycles. The summed E-state index contributed by atoms with van der Waals surface area (Å²) in [5.74, 6) is 1.91. The van der Waals surface area contributed by atoms with E-state index in [2.05, 4.69) is 29.4 Å². The molecule has 0 aromatic carbocycles. The van der Waals surface area contributed by atoms with E-state index in [1.165, 1.54) is 38.6 Å². The third kappa shape index (κ3) is 7.53. The molecule has 1 aliphatic carbocycles. The Balaban J connectivity index is 1.62. The third-order valence-electron chi connectivity index (χ3n) is 4.96. The van der Waals surface area contributed by atoms with E-state index < -0.39 is 0 Å². The first-order chi connectivity index (χ1) is 11.3. The van der Waals surface area contributed by atoms with Crippen LogP contribution in [-0.4, -0.2) is 62.8 Å². The number of nitrogens with zero attached hydrogens (tertiary/aromatic N) is 2. The number of unbranched alkanes of at least 4 members (excludes halogenated alkanes) is 1. The maximum Gasteiger partial charge on any atom is 0.191 e. The summed E-state index contributed by atoms with van der Waals surface area (Å²) in [5.41, 5.74) is 0. The molecular formula is C18H36N4O. The zero-order valence-electron chi connectivity index (χ0n) is 15.1. The summed E-state index contributed by atoms with van der Waals surface area (Å²) in [7, 11) is 0. The first kappa shape index (κ1) is 18.5. The van der Waals surface area contributed by atoms with E-state index in [1.54, 1.807) is 0 Å². The second-order valence-corrected chi connectivity index (χ2v) is 7.02. The largest absolute Gasteiger partial charge is 0.379 e. The Bertz CT molecular complexity index is 334. The SMILES string of the molecule is CCNC(=NCCCCN1CCOCC1)NC1CCC(C)CC1. The molecule has 2 N–H and O–H groups in total. The molecule has 2 aliphatic rings. The lowest BCUT2D eigenvalue weighted by atomic mass is 9.87. The van der Waals surface area contributed by atoms with Gasteiger partial charge in [0.2, 0.25) is 0 Å². The van der Waals surface area contributed by atoms with Gasteiger partial charge in [-0.15, -0.1) is 0 Å². The highest BCUT2D eigenvalue weighted by Gasteiger charge is 2.18. The minimum absolute atomic E-state index is 0.609. The predicted octanol–water partition coefficient (Wildman–Crippen LogP) is 2.23. The molecule has 0 spiro atoms. The maximum absolute atomic E-state index is 5.38. The van der Waals surface area contributed by atoms with Gasteiger partial charge in [-0.3, -0.25) is 9.89 Å².